The fourth-order valence-corrected chi connectivity index (χ4v) is 5.94. The van der Waals surface area contributed by atoms with E-state index in [9.17, 15) is 18.3 Å². The lowest BCUT2D eigenvalue weighted by atomic mass is 10.0. The van der Waals surface area contributed by atoms with Gasteiger partial charge < -0.3 is 9.84 Å². The quantitative estimate of drug-likeness (QED) is 0.419. The second-order valence-electron chi connectivity index (χ2n) is 9.89. The number of aromatic hydroxyl groups is 1. The number of sulfonamides is 1. The minimum absolute atomic E-state index is 0.0713. The van der Waals surface area contributed by atoms with Gasteiger partial charge in [0, 0.05) is 36.1 Å². The van der Waals surface area contributed by atoms with Crippen molar-refractivity contribution in [3.63, 3.8) is 0 Å². The molecule has 198 valence electrons. The molecule has 4 rings (SSSR count). The largest absolute Gasteiger partial charge is 0.494 e. The summed E-state index contributed by atoms with van der Waals surface area (Å²) in [5.41, 5.74) is 0.434. The molecule has 1 N–H and O–H groups in total. The van der Waals surface area contributed by atoms with E-state index in [4.69, 9.17) is 4.74 Å². The van der Waals surface area contributed by atoms with Crippen molar-refractivity contribution in [1.29, 1.82) is 0 Å². The van der Waals surface area contributed by atoms with E-state index in [0.717, 1.165) is 19.3 Å². The van der Waals surface area contributed by atoms with E-state index < -0.39 is 10.0 Å². The number of aliphatic imine (C=N–C) groups is 1. The van der Waals surface area contributed by atoms with Crippen LogP contribution in [-0.2, 0) is 14.8 Å². The molecule has 1 saturated heterocycles. The molecule has 1 aromatic heterocycles. The fourth-order valence-electron chi connectivity index (χ4n) is 4.53. The lowest BCUT2D eigenvalue weighted by molar-refractivity contribution is 0.0730. The van der Waals surface area contributed by atoms with Crippen molar-refractivity contribution < 1.29 is 18.3 Å². The topological polar surface area (TPSA) is 101 Å². The predicted octanol–water partition coefficient (Wildman–Crippen LogP) is 4.35. The maximum atomic E-state index is 13.4. The SMILES string of the molecule is CC(C)CCCC(C)N=Cc1c(O)n(-c2ccc(S(=O)(=O)N3CCOCC3)cc2)c(=O)c2ccccc12. The average Bonchev–Trinajstić information content (AvgIpc) is 2.89. The Kier molecular flexibility index (Phi) is 8.46. The van der Waals surface area contributed by atoms with Crippen LogP contribution in [0.2, 0.25) is 0 Å². The van der Waals surface area contributed by atoms with Crippen LogP contribution in [0.3, 0.4) is 0 Å². The van der Waals surface area contributed by atoms with Crippen LogP contribution in [0, 0.1) is 5.92 Å². The molecule has 0 saturated carbocycles. The summed E-state index contributed by atoms with van der Waals surface area (Å²) in [7, 11) is -3.67. The Balaban J connectivity index is 1.71. The van der Waals surface area contributed by atoms with Gasteiger partial charge in [0.15, 0.2) is 0 Å². The lowest BCUT2D eigenvalue weighted by Gasteiger charge is -2.26. The number of aromatic nitrogens is 1. The zero-order chi connectivity index (χ0) is 26.6. The number of benzene rings is 2. The summed E-state index contributed by atoms with van der Waals surface area (Å²) in [6, 6.07) is 13.2. The van der Waals surface area contributed by atoms with Gasteiger partial charge in [-0.05, 0) is 49.6 Å². The van der Waals surface area contributed by atoms with E-state index in [1.54, 1.807) is 36.5 Å². The lowest BCUT2D eigenvalue weighted by Crippen LogP contribution is -2.40. The third-order valence-corrected chi connectivity index (χ3v) is 8.58. The summed E-state index contributed by atoms with van der Waals surface area (Å²) in [4.78, 5) is 18.2. The number of ether oxygens (including phenoxy) is 1. The first-order chi connectivity index (χ1) is 17.7. The number of fused-ring (bicyclic) bond motifs is 1. The Morgan fingerprint density at radius 3 is 2.30 bits per heavy atom. The van der Waals surface area contributed by atoms with Crippen LogP contribution in [0.15, 0.2) is 63.2 Å². The number of rotatable bonds is 9. The van der Waals surface area contributed by atoms with Crippen molar-refractivity contribution in [2.45, 2.75) is 51.0 Å². The molecule has 1 aliphatic rings. The van der Waals surface area contributed by atoms with Gasteiger partial charge in [-0.2, -0.15) is 4.31 Å². The number of hydrogen-bond donors (Lipinski definition) is 1. The van der Waals surface area contributed by atoms with E-state index in [1.165, 1.54) is 21.0 Å². The van der Waals surface area contributed by atoms with Gasteiger partial charge in [0.05, 0.1) is 29.4 Å². The third kappa shape index (κ3) is 5.95. The Labute approximate surface area is 218 Å². The second-order valence-corrected chi connectivity index (χ2v) is 11.8. The van der Waals surface area contributed by atoms with Crippen LogP contribution in [0.1, 0.15) is 45.6 Å². The van der Waals surface area contributed by atoms with Crippen molar-refractivity contribution in [3.05, 3.63) is 64.4 Å². The average molecular weight is 526 g/mol. The Morgan fingerprint density at radius 1 is 1.00 bits per heavy atom. The molecule has 37 heavy (non-hydrogen) atoms. The molecule has 1 unspecified atom stereocenters. The van der Waals surface area contributed by atoms with E-state index in [1.807, 2.05) is 13.0 Å². The monoisotopic (exact) mass is 525 g/mol. The van der Waals surface area contributed by atoms with Crippen molar-refractivity contribution in [3.8, 4) is 11.6 Å². The summed E-state index contributed by atoms with van der Waals surface area (Å²) in [5, 5.41) is 12.3. The molecule has 0 spiro atoms. The van der Waals surface area contributed by atoms with Gasteiger partial charge in [0.2, 0.25) is 15.9 Å². The van der Waals surface area contributed by atoms with Crippen molar-refractivity contribution >= 4 is 27.0 Å². The first kappa shape index (κ1) is 27.0. The predicted molar refractivity (Wildman–Crippen MR) is 147 cm³/mol. The summed E-state index contributed by atoms with van der Waals surface area (Å²) in [5.74, 6) is 0.411. The molecule has 8 nitrogen and oxygen atoms in total. The van der Waals surface area contributed by atoms with Gasteiger partial charge in [-0.15, -0.1) is 0 Å². The first-order valence-electron chi connectivity index (χ1n) is 12.8. The minimum Gasteiger partial charge on any atom is -0.494 e. The molecule has 0 amide bonds. The Hall–Kier alpha value is -3.01. The van der Waals surface area contributed by atoms with E-state index in [-0.39, 0.29) is 22.4 Å². The van der Waals surface area contributed by atoms with Crippen LogP contribution in [0.25, 0.3) is 16.5 Å². The molecule has 1 fully saturated rings. The maximum Gasteiger partial charge on any atom is 0.265 e. The van der Waals surface area contributed by atoms with Gasteiger partial charge in [-0.3, -0.25) is 9.79 Å². The molecule has 0 aliphatic carbocycles. The standard InChI is InChI=1S/C28H35N3O5S/c1-20(2)7-6-8-21(3)29-19-26-24-9-4-5-10-25(24)27(32)31(28(26)33)22-11-13-23(14-12-22)37(34,35)30-15-17-36-18-16-30/h4-5,9-14,19-21,33H,6-8,15-18H2,1-3H3. The van der Waals surface area contributed by atoms with E-state index in [0.29, 0.717) is 54.2 Å². The van der Waals surface area contributed by atoms with E-state index >= 15 is 0 Å². The number of morpholine rings is 1. The van der Waals surface area contributed by atoms with Gasteiger partial charge in [-0.1, -0.05) is 44.9 Å². The highest BCUT2D eigenvalue weighted by atomic mass is 32.2. The number of nitrogens with zero attached hydrogens (tertiary/aromatic N) is 3. The van der Waals surface area contributed by atoms with Gasteiger partial charge in [-0.25, -0.2) is 13.0 Å². The summed E-state index contributed by atoms with van der Waals surface area (Å²) < 4.78 is 33.8. The van der Waals surface area contributed by atoms with Gasteiger partial charge in [0.25, 0.3) is 5.56 Å². The smallest absolute Gasteiger partial charge is 0.265 e. The third-order valence-electron chi connectivity index (χ3n) is 6.67. The van der Waals surface area contributed by atoms with Crippen LogP contribution < -0.4 is 5.56 Å². The van der Waals surface area contributed by atoms with Crippen molar-refractivity contribution in [1.82, 2.24) is 8.87 Å². The molecule has 2 heterocycles. The van der Waals surface area contributed by atoms with Gasteiger partial charge in [0.1, 0.15) is 0 Å². The Bertz CT molecular complexity index is 1420. The highest BCUT2D eigenvalue weighted by Crippen LogP contribution is 2.27. The molecule has 0 bridgehead atoms. The summed E-state index contributed by atoms with van der Waals surface area (Å²) >= 11 is 0. The first-order valence-corrected chi connectivity index (χ1v) is 14.2. The molecular weight excluding hydrogens is 490 g/mol. The fraction of sp³-hybridized carbons (Fsp3) is 0.429. The molecule has 3 aromatic rings. The van der Waals surface area contributed by atoms with Crippen molar-refractivity contribution in [2.75, 3.05) is 26.3 Å². The molecule has 0 radical (unpaired) electrons. The highest BCUT2D eigenvalue weighted by Gasteiger charge is 2.26. The molecule has 1 atom stereocenters. The van der Waals surface area contributed by atoms with Crippen molar-refractivity contribution in [2.24, 2.45) is 10.9 Å². The number of hydrogen-bond acceptors (Lipinski definition) is 6. The van der Waals surface area contributed by atoms with Gasteiger partial charge >= 0.3 is 0 Å². The maximum absolute atomic E-state index is 13.4. The van der Waals surface area contributed by atoms with E-state index in [2.05, 4.69) is 18.8 Å². The molecule has 2 aromatic carbocycles. The summed E-state index contributed by atoms with van der Waals surface area (Å²) in [6.45, 7) is 7.76. The Morgan fingerprint density at radius 2 is 1.65 bits per heavy atom. The highest BCUT2D eigenvalue weighted by molar-refractivity contribution is 7.89. The number of pyridine rings is 1. The van der Waals surface area contributed by atoms with Crippen LogP contribution in [-0.4, -0.2) is 61.0 Å². The zero-order valence-electron chi connectivity index (χ0n) is 21.6. The van der Waals surface area contributed by atoms with Crippen LogP contribution in [0.4, 0.5) is 0 Å². The molecular formula is C28H35N3O5S. The normalized spacial score (nSPS) is 16.1. The minimum atomic E-state index is -3.67. The second kappa shape index (κ2) is 11.6. The van der Waals surface area contributed by atoms with Crippen LogP contribution in [0.5, 0.6) is 5.88 Å². The molecule has 9 heteroatoms. The molecule has 1 aliphatic heterocycles. The summed E-state index contributed by atoms with van der Waals surface area (Å²) in [6.07, 6.45) is 4.79. The zero-order valence-corrected chi connectivity index (χ0v) is 22.4. The van der Waals surface area contributed by atoms with Crippen LogP contribution >= 0.6 is 0 Å².